The first-order chi connectivity index (χ1) is 9.51. The second-order valence-corrected chi connectivity index (χ2v) is 4.00. The van der Waals surface area contributed by atoms with Crippen molar-refractivity contribution in [3.8, 4) is 0 Å². The van der Waals surface area contributed by atoms with Gasteiger partial charge in [0.15, 0.2) is 0 Å². The van der Waals surface area contributed by atoms with Crippen molar-refractivity contribution in [3.63, 3.8) is 0 Å². The first-order valence-electron chi connectivity index (χ1n) is 5.63. The van der Waals surface area contributed by atoms with Gasteiger partial charge in [-0.1, -0.05) is 0 Å². The van der Waals surface area contributed by atoms with Gasteiger partial charge < -0.3 is 5.32 Å². The summed E-state index contributed by atoms with van der Waals surface area (Å²) >= 11 is 0. The van der Waals surface area contributed by atoms with Gasteiger partial charge in [0.1, 0.15) is 12.4 Å². The van der Waals surface area contributed by atoms with Crippen molar-refractivity contribution < 1.29 is 9.85 Å². The van der Waals surface area contributed by atoms with E-state index in [9.17, 15) is 20.2 Å². The molecule has 1 aromatic heterocycles. The van der Waals surface area contributed by atoms with Crippen LogP contribution in [-0.2, 0) is 6.54 Å². The van der Waals surface area contributed by atoms with E-state index in [1.165, 1.54) is 23.0 Å². The molecule has 1 aromatic carbocycles. The number of anilines is 1. The zero-order valence-electron chi connectivity index (χ0n) is 10.5. The van der Waals surface area contributed by atoms with Gasteiger partial charge in [-0.05, 0) is 6.07 Å². The van der Waals surface area contributed by atoms with E-state index in [1.54, 1.807) is 13.1 Å². The lowest BCUT2D eigenvalue weighted by Crippen LogP contribution is -2.04. The van der Waals surface area contributed by atoms with Crippen LogP contribution in [0.3, 0.4) is 0 Å². The Balaban J connectivity index is 2.32. The van der Waals surface area contributed by atoms with Crippen molar-refractivity contribution in [2.75, 3.05) is 12.4 Å². The number of aromatic nitrogens is 2. The fraction of sp³-hybridized carbons (Fsp3) is 0.182. The van der Waals surface area contributed by atoms with Crippen LogP contribution in [0.2, 0.25) is 0 Å². The smallest absolute Gasteiger partial charge is 0.307 e. The Morgan fingerprint density at radius 2 is 1.95 bits per heavy atom. The van der Waals surface area contributed by atoms with E-state index < -0.39 is 9.85 Å². The van der Waals surface area contributed by atoms with E-state index in [-0.39, 0.29) is 17.9 Å². The highest BCUT2D eigenvalue weighted by Crippen LogP contribution is 2.23. The summed E-state index contributed by atoms with van der Waals surface area (Å²) in [5, 5.41) is 28.1. The number of non-ortho nitro benzene ring substituents is 1. The zero-order chi connectivity index (χ0) is 14.7. The number of nitro benzene ring substituents is 1. The summed E-state index contributed by atoms with van der Waals surface area (Å²) in [4.78, 5) is 20.3. The molecular formula is C11H11N5O4. The molecule has 0 unspecified atom stereocenters. The highest BCUT2D eigenvalue weighted by molar-refractivity contribution is 5.55. The van der Waals surface area contributed by atoms with Crippen molar-refractivity contribution >= 4 is 17.1 Å². The van der Waals surface area contributed by atoms with E-state index in [4.69, 9.17) is 0 Å². The van der Waals surface area contributed by atoms with Crippen LogP contribution in [0.25, 0.3) is 0 Å². The molecule has 2 rings (SSSR count). The van der Waals surface area contributed by atoms with Crippen molar-refractivity contribution in [1.29, 1.82) is 0 Å². The Bertz CT molecular complexity index is 667. The minimum absolute atomic E-state index is 0.0411. The second kappa shape index (κ2) is 5.34. The van der Waals surface area contributed by atoms with Gasteiger partial charge in [0.2, 0.25) is 0 Å². The third kappa shape index (κ3) is 2.71. The van der Waals surface area contributed by atoms with Crippen LogP contribution < -0.4 is 5.32 Å². The van der Waals surface area contributed by atoms with Crippen LogP contribution in [0.15, 0.2) is 30.6 Å². The number of nitro groups is 2. The molecule has 1 N–H and O–H groups in total. The average molecular weight is 277 g/mol. The van der Waals surface area contributed by atoms with Crippen LogP contribution in [0.4, 0.5) is 17.1 Å². The molecule has 0 fully saturated rings. The monoisotopic (exact) mass is 277 g/mol. The van der Waals surface area contributed by atoms with Gasteiger partial charge in [-0.2, -0.15) is 5.10 Å². The minimum atomic E-state index is -0.546. The van der Waals surface area contributed by atoms with Crippen molar-refractivity contribution in [1.82, 2.24) is 9.78 Å². The zero-order valence-corrected chi connectivity index (χ0v) is 10.5. The van der Waals surface area contributed by atoms with Crippen LogP contribution in [0, 0.1) is 20.2 Å². The molecule has 2 aromatic rings. The molecule has 0 radical (unpaired) electrons. The van der Waals surface area contributed by atoms with E-state index in [0.717, 1.165) is 6.20 Å². The third-order valence-corrected chi connectivity index (χ3v) is 2.73. The van der Waals surface area contributed by atoms with Crippen LogP contribution in [-0.4, -0.2) is 26.7 Å². The third-order valence-electron chi connectivity index (χ3n) is 2.73. The van der Waals surface area contributed by atoms with Gasteiger partial charge >= 0.3 is 5.69 Å². The molecule has 0 aliphatic carbocycles. The normalized spacial score (nSPS) is 10.2. The van der Waals surface area contributed by atoms with Crippen molar-refractivity contribution in [2.24, 2.45) is 0 Å². The van der Waals surface area contributed by atoms with Crippen LogP contribution in [0.1, 0.15) is 5.56 Å². The quantitative estimate of drug-likeness (QED) is 0.657. The van der Waals surface area contributed by atoms with Gasteiger partial charge in [0, 0.05) is 30.4 Å². The molecule has 0 spiro atoms. The molecule has 1 heterocycles. The van der Waals surface area contributed by atoms with Crippen molar-refractivity contribution in [2.45, 2.75) is 6.54 Å². The lowest BCUT2D eigenvalue weighted by atomic mass is 10.1. The van der Waals surface area contributed by atoms with Gasteiger partial charge in [0.25, 0.3) is 5.69 Å². The average Bonchev–Trinajstić information content (AvgIpc) is 2.87. The summed E-state index contributed by atoms with van der Waals surface area (Å²) in [5.41, 5.74) is 1.16. The maximum Gasteiger partial charge on any atom is 0.307 e. The fourth-order valence-corrected chi connectivity index (χ4v) is 1.78. The van der Waals surface area contributed by atoms with E-state index in [1.807, 2.05) is 0 Å². The Hall–Kier alpha value is -2.97. The largest absolute Gasteiger partial charge is 0.388 e. The number of rotatable bonds is 5. The number of hydrogen-bond acceptors (Lipinski definition) is 6. The molecule has 0 amide bonds. The first kappa shape index (κ1) is 13.5. The molecule has 9 heteroatoms. The van der Waals surface area contributed by atoms with Gasteiger partial charge in [-0.25, -0.2) is 0 Å². The van der Waals surface area contributed by atoms with E-state index in [0.29, 0.717) is 11.3 Å². The minimum Gasteiger partial charge on any atom is -0.388 e. The summed E-state index contributed by atoms with van der Waals surface area (Å²) in [7, 11) is 1.69. The van der Waals surface area contributed by atoms with E-state index >= 15 is 0 Å². The lowest BCUT2D eigenvalue weighted by molar-refractivity contribution is -0.385. The Morgan fingerprint density at radius 3 is 2.50 bits per heavy atom. The molecule has 0 saturated heterocycles. The molecule has 0 atom stereocenters. The van der Waals surface area contributed by atoms with Gasteiger partial charge in [-0.3, -0.25) is 24.9 Å². The highest BCUT2D eigenvalue weighted by atomic mass is 16.6. The maximum absolute atomic E-state index is 10.8. The molecule has 104 valence electrons. The van der Waals surface area contributed by atoms with Crippen molar-refractivity contribution in [3.05, 3.63) is 56.4 Å². The molecule has 0 bridgehead atoms. The first-order valence-corrected chi connectivity index (χ1v) is 5.63. The summed E-state index contributed by atoms with van der Waals surface area (Å²) in [6.45, 7) is 0.200. The molecule has 0 saturated carbocycles. The Kier molecular flexibility index (Phi) is 3.60. The lowest BCUT2D eigenvalue weighted by Gasteiger charge is -2.08. The summed E-state index contributed by atoms with van der Waals surface area (Å²) in [5.74, 6) is 0. The SMILES string of the molecule is CNc1ccc([N+](=O)[O-])cc1Cn1cc([N+](=O)[O-])cn1. The predicted molar refractivity (Wildman–Crippen MR) is 70.6 cm³/mol. The van der Waals surface area contributed by atoms with Crippen LogP contribution >= 0.6 is 0 Å². The molecule has 20 heavy (non-hydrogen) atoms. The number of benzene rings is 1. The Morgan fingerprint density at radius 1 is 1.25 bits per heavy atom. The molecular weight excluding hydrogens is 266 g/mol. The molecule has 0 aliphatic rings. The number of nitrogens with zero attached hydrogens (tertiary/aromatic N) is 4. The highest BCUT2D eigenvalue weighted by Gasteiger charge is 2.13. The second-order valence-electron chi connectivity index (χ2n) is 4.00. The van der Waals surface area contributed by atoms with Crippen LogP contribution in [0.5, 0.6) is 0 Å². The standard InChI is InChI=1S/C11H11N5O4/c1-12-11-3-2-9(15(17)18)4-8(11)6-14-7-10(5-13-14)16(19)20/h2-5,7,12H,6H2,1H3. The summed E-state index contributed by atoms with van der Waals surface area (Å²) in [6.07, 6.45) is 2.41. The van der Waals surface area contributed by atoms with Gasteiger partial charge in [0.05, 0.1) is 16.4 Å². The Labute approximate surface area is 113 Å². The predicted octanol–water partition coefficient (Wildman–Crippen LogP) is 1.79. The maximum atomic E-state index is 10.8. The van der Waals surface area contributed by atoms with Gasteiger partial charge in [-0.15, -0.1) is 0 Å². The molecule has 9 nitrogen and oxygen atoms in total. The number of nitrogens with one attached hydrogen (secondary N) is 1. The summed E-state index contributed by atoms with van der Waals surface area (Å²) in [6, 6.07) is 4.39. The molecule has 0 aliphatic heterocycles. The number of hydrogen-bond donors (Lipinski definition) is 1. The summed E-state index contributed by atoms with van der Waals surface area (Å²) < 4.78 is 1.36. The fourth-order valence-electron chi connectivity index (χ4n) is 1.78. The van der Waals surface area contributed by atoms with E-state index in [2.05, 4.69) is 10.4 Å². The topological polar surface area (TPSA) is 116 Å².